The summed E-state index contributed by atoms with van der Waals surface area (Å²) in [6, 6.07) is 0. The lowest BCUT2D eigenvalue weighted by molar-refractivity contribution is 0.0639. The molecule has 1 aliphatic carbocycles. The summed E-state index contributed by atoms with van der Waals surface area (Å²) in [4.78, 5) is 0. The number of rotatable bonds is 8. The van der Waals surface area contributed by atoms with Crippen molar-refractivity contribution < 1.29 is 9.47 Å². The molecule has 0 aromatic carbocycles. The van der Waals surface area contributed by atoms with Crippen LogP contribution in [0.25, 0.3) is 0 Å². The highest BCUT2D eigenvalue weighted by atomic mass is 16.5. The molecule has 1 aliphatic rings. The summed E-state index contributed by atoms with van der Waals surface area (Å²) in [6.07, 6.45) is 7.74. The average Bonchev–Trinajstić information content (AvgIpc) is 2.73. The van der Waals surface area contributed by atoms with Crippen LogP contribution in [0.4, 0.5) is 0 Å². The van der Waals surface area contributed by atoms with E-state index in [0.29, 0.717) is 18.6 Å². The van der Waals surface area contributed by atoms with Crippen LogP contribution in [-0.4, -0.2) is 33.5 Å². The van der Waals surface area contributed by atoms with E-state index in [1.165, 1.54) is 32.1 Å². The molecule has 0 aromatic rings. The molecule has 0 unspecified atom stereocenters. The van der Waals surface area contributed by atoms with E-state index in [9.17, 15) is 0 Å². The molecule has 0 bridgehead atoms. The zero-order chi connectivity index (χ0) is 11.0. The molecule has 0 radical (unpaired) electrons. The first-order chi connectivity index (χ1) is 7.33. The van der Waals surface area contributed by atoms with Gasteiger partial charge in [-0.15, -0.1) is 0 Å². The summed E-state index contributed by atoms with van der Waals surface area (Å²) in [6.45, 7) is 3.12. The van der Waals surface area contributed by atoms with Gasteiger partial charge in [-0.05, 0) is 37.6 Å². The minimum Gasteiger partial charge on any atom is -0.382 e. The Kier molecular flexibility index (Phi) is 6.22. The molecule has 0 heterocycles. The molecular formula is C12H25NO2. The predicted molar refractivity (Wildman–Crippen MR) is 61.9 cm³/mol. The molecule has 1 rings (SSSR count). The van der Waals surface area contributed by atoms with Crippen molar-refractivity contribution in [3.63, 3.8) is 0 Å². The number of hydrogen-bond acceptors (Lipinski definition) is 3. The average molecular weight is 215 g/mol. The Hall–Kier alpha value is -0.120. The normalized spacial score (nSPS) is 19.6. The fourth-order valence-corrected chi connectivity index (χ4v) is 2.47. The van der Waals surface area contributed by atoms with Gasteiger partial charge in [-0.25, -0.2) is 0 Å². The lowest BCUT2D eigenvalue weighted by Gasteiger charge is -2.26. The Morgan fingerprint density at radius 3 is 2.47 bits per heavy atom. The van der Waals surface area contributed by atoms with Crippen LogP contribution in [-0.2, 0) is 9.47 Å². The molecule has 0 spiro atoms. The third kappa shape index (κ3) is 4.49. The molecular weight excluding hydrogens is 190 g/mol. The van der Waals surface area contributed by atoms with Gasteiger partial charge in [0.25, 0.3) is 0 Å². The predicted octanol–water partition coefficient (Wildman–Crippen LogP) is 1.95. The highest BCUT2D eigenvalue weighted by Crippen LogP contribution is 2.40. The maximum Gasteiger partial charge on any atom is 0.0700 e. The zero-order valence-electron chi connectivity index (χ0n) is 9.96. The van der Waals surface area contributed by atoms with Gasteiger partial charge in [0.05, 0.1) is 13.2 Å². The maximum atomic E-state index is 5.87. The van der Waals surface area contributed by atoms with E-state index in [4.69, 9.17) is 15.2 Å². The SMILES string of the molecule is COCCOCCCC1(CN)CCCC1. The van der Waals surface area contributed by atoms with E-state index in [0.717, 1.165) is 19.6 Å². The van der Waals surface area contributed by atoms with Crippen molar-refractivity contribution in [2.45, 2.75) is 38.5 Å². The Labute approximate surface area is 93.3 Å². The van der Waals surface area contributed by atoms with Crippen LogP contribution in [0.3, 0.4) is 0 Å². The third-order valence-electron chi connectivity index (χ3n) is 3.52. The molecule has 0 atom stereocenters. The maximum absolute atomic E-state index is 5.87. The molecule has 3 nitrogen and oxygen atoms in total. The lowest BCUT2D eigenvalue weighted by Crippen LogP contribution is -2.27. The van der Waals surface area contributed by atoms with Crippen molar-refractivity contribution in [3.8, 4) is 0 Å². The number of nitrogens with two attached hydrogens (primary N) is 1. The first kappa shape index (κ1) is 12.9. The number of methoxy groups -OCH3 is 1. The molecule has 90 valence electrons. The molecule has 1 fully saturated rings. The van der Waals surface area contributed by atoms with Crippen molar-refractivity contribution in [3.05, 3.63) is 0 Å². The van der Waals surface area contributed by atoms with Gasteiger partial charge < -0.3 is 15.2 Å². The van der Waals surface area contributed by atoms with E-state index in [2.05, 4.69) is 0 Å². The molecule has 2 N–H and O–H groups in total. The molecule has 0 amide bonds. The first-order valence-corrected chi connectivity index (χ1v) is 6.10. The smallest absolute Gasteiger partial charge is 0.0700 e. The van der Waals surface area contributed by atoms with E-state index in [-0.39, 0.29) is 0 Å². The number of ether oxygens (including phenoxy) is 2. The minimum absolute atomic E-state index is 0.449. The number of hydrogen-bond donors (Lipinski definition) is 1. The van der Waals surface area contributed by atoms with Gasteiger partial charge in [0.2, 0.25) is 0 Å². The summed E-state index contributed by atoms with van der Waals surface area (Å²) in [5.41, 5.74) is 6.32. The topological polar surface area (TPSA) is 44.5 Å². The van der Waals surface area contributed by atoms with Crippen molar-refractivity contribution in [2.24, 2.45) is 11.1 Å². The van der Waals surface area contributed by atoms with E-state index in [1.807, 2.05) is 0 Å². The standard InChI is InChI=1S/C12H25NO2/c1-14-9-10-15-8-4-7-12(11-13)5-2-3-6-12/h2-11,13H2,1H3. The second-order valence-electron chi connectivity index (χ2n) is 4.62. The van der Waals surface area contributed by atoms with E-state index < -0.39 is 0 Å². The van der Waals surface area contributed by atoms with Gasteiger partial charge in [0.1, 0.15) is 0 Å². The van der Waals surface area contributed by atoms with Crippen LogP contribution < -0.4 is 5.73 Å². The quantitative estimate of drug-likeness (QED) is 0.629. The van der Waals surface area contributed by atoms with Gasteiger partial charge in [-0.2, -0.15) is 0 Å². The summed E-state index contributed by atoms with van der Waals surface area (Å²) < 4.78 is 10.4. The Balaban J connectivity index is 2.02. The van der Waals surface area contributed by atoms with Crippen LogP contribution in [0, 0.1) is 5.41 Å². The van der Waals surface area contributed by atoms with E-state index >= 15 is 0 Å². The first-order valence-electron chi connectivity index (χ1n) is 6.10. The lowest BCUT2D eigenvalue weighted by atomic mass is 9.82. The van der Waals surface area contributed by atoms with Gasteiger partial charge in [0.15, 0.2) is 0 Å². The van der Waals surface area contributed by atoms with Crippen LogP contribution in [0.15, 0.2) is 0 Å². The Bertz CT molecular complexity index is 156. The van der Waals surface area contributed by atoms with Crippen LogP contribution >= 0.6 is 0 Å². The van der Waals surface area contributed by atoms with Crippen LogP contribution in [0.5, 0.6) is 0 Å². The van der Waals surface area contributed by atoms with Crippen molar-refractivity contribution in [2.75, 3.05) is 33.5 Å². The third-order valence-corrected chi connectivity index (χ3v) is 3.52. The fourth-order valence-electron chi connectivity index (χ4n) is 2.47. The van der Waals surface area contributed by atoms with Gasteiger partial charge in [0, 0.05) is 13.7 Å². The van der Waals surface area contributed by atoms with Crippen molar-refractivity contribution in [1.29, 1.82) is 0 Å². The van der Waals surface area contributed by atoms with Gasteiger partial charge in [-0.3, -0.25) is 0 Å². The zero-order valence-corrected chi connectivity index (χ0v) is 9.96. The van der Waals surface area contributed by atoms with Crippen molar-refractivity contribution >= 4 is 0 Å². The Morgan fingerprint density at radius 1 is 1.13 bits per heavy atom. The van der Waals surface area contributed by atoms with Crippen molar-refractivity contribution in [1.82, 2.24) is 0 Å². The second-order valence-corrected chi connectivity index (χ2v) is 4.62. The van der Waals surface area contributed by atoms with Crippen LogP contribution in [0.1, 0.15) is 38.5 Å². The Morgan fingerprint density at radius 2 is 1.87 bits per heavy atom. The molecule has 0 saturated heterocycles. The fraction of sp³-hybridized carbons (Fsp3) is 1.00. The molecule has 0 aliphatic heterocycles. The van der Waals surface area contributed by atoms with Gasteiger partial charge in [-0.1, -0.05) is 12.8 Å². The summed E-state index contributed by atoms with van der Waals surface area (Å²) in [5, 5.41) is 0. The minimum atomic E-state index is 0.449. The summed E-state index contributed by atoms with van der Waals surface area (Å²) in [5.74, 6) is 0. The van der Waals surface area contributed by atoms with E-state index in [1.54, 1.807) is 7.11 Å². The molecule has 15 heavy (non-hydrogen) atoms. The second kappa shape index (κ2) is 7.20. The highest BCUT2D eigenvalue weighted by molar-refractivity contribution is 4.85. The van der Waals surface area contributed by atoms with Gasteiger partial charge >= 0.3 is 0 Å². The monoisotopic (exact) mass is 215 g/mol. The van der Waals surface area contributed by atoms with Crippen LogP contribution in [0.2, 0.25) is 0 Å². The largest absolute Gasteiger partial charge is 0.382 e. The molecule has 1 saturated carbocycles. The summed E-state index contributed by atoms with van der Waals surface area (Å²) >= 11 is 0. The molecule has 3 heteroatoms. The summed E-state index contributed by atoms with van der Waals surface area (Å²) in [7, 11) is 1.70. The molecule has 0 aromatic heterocycles. The highest BCUT2D eigenvalue weighted by Gasteiger charge is 2.31.